The number of carbonyl (C=O) groups excluding carboxylic acids is 1. The monoisotopic (exact) mass is 414 g/mol. The molecule has 3 N–H and O–H groups in total. The highest BCUT2D eigenvalue weighted by Gasteiger charge is 2.42. The van der Waals surface area contributed by atoms with Gasteiger partial charge in [-0.2, -0.15) is 0 Å². The van der Waals surface area contributed by atoms with Crippen LogP contribution in [0.2, 0.25) is 5.02 Å². The first-order valence-electron chi connectivity index (χ1n) is 7.31. The summed E-state index contributed by atoms with van der Waals surface area (Å²) in [5, 5.41) is 5.06. The Bertz CT molecular complexity index is 988. The Morgan fingerprint density at radius 1 is 1.46 bits per heavy atom. The highest BCUT2D eigenvalue weighted by Crippen LogP contribution is 2.34. The molecule has 0 aliphatic carbocycles. The van der Waals surface area contributed by atoms with E-state index >= 15 is 0 Å². The smallest absolute Gasteiger partial charge is 0.275 e. The van der Waals surface area contributed by atoms with E-state index < -0.39 is 21.5 Å². The number of nitrogens with one attached hydrogen (secondary N) is 1. The van der Waals surface area contributed by atoms with Gasteiger partial charge in [0.15, 0.2) is 0 Å². The largest absolute Gasteiger partial charge is 0.369 e. The molecule has 3 rings (SSSR count). The lowest BCUT2D eigenvalue weighted by molar-refractivity contribution is 0.102. The van der Waals surface area contributed by atoms with Gasteiger partial charge >= 0.3 is 0 Å². The molecular weight excluding hydrogens is 400 g/mol. The van der Waals surface area contributed by atoms with Crippen LogP contribution in [0.5, 0.6) is 0 Å². The van der Waals surface area contributed by atoms with Crippen molar-refractivity contribution in [3.63, 3.8) is 0 Å². The topological polar surface area (TPSA) is 131 Å². The molecule has 2 aromatic heterocycles. The van der Waals surface area contributed by atoms with E-state index in [0.29, 0.717) is 10.0 Å². The minimum atomic E-state index is -3.59. The maximum atomic E-state index is 12.2. The van der Waals surface area contributed by atoms with E-state index in [1.807, 2.05) is 0 Å². The van der Waals surface area contributed by atoms with Gasteiger partial charge in [0.05, 0.1) is 5.02 Å². The van der Waals surface area contributed by atoms with Crippen LogP contribution in [0.3, 0.4) is 0 Å². The summed E-state index contributed by atoms with van der Waals surface area (Å²) in [6, 6.07) is 3.04. The predicted molar refractivity (Wildman–Crippen MR) is 99.8 cm³/mol. The van der Waals surface area contributed by atoms with Crippen molar-refractivity contribution in [2.24, 2.45) is 10.7 Å². The Labute approximate surface area is 159 Å². The molecule has 1 atom stereocenters. The lowest BCUT2D eigenvalue weighted by Crippen LogP contribution is -2.50. The van der Waals surface area contributed by atoms with Crippen LogP contribution in [0.1, 0.15) is 22.4 Å². The molecule has 0 aromatic carbocycles. The van der Waals surface area contributed by atoms with E-state index in [9.17, 15) is 13.2 Å². The number of amides is 1. The van der Waals surface area contributed by atoms with Crippen molar-refractivity contribution in [3.8, 4) is 0 Å². The van der Waals surface area contributed by atoms with Gasteiger partial charge in [0.2, 0.25) is 16.0 Å². The molecule has 1 aliphatic heterocycles. The molecule has 0 saturated carbocycles. The number of aromatic nitrogens is 2. The number of thiazole rings is 1. The summed E-state index contributed by atoms with van der Waals surface area (Å²) in [5.41, 5.74) is 4.78. The van der Waals surface area contributed by atoms with Crippen LogP contribution in [0, 0.1) is 0 Å². The standard InChI is InChI=1S/C14H15ClN6O3S2/c1-14(7-26(23,24)21(2)13(16)20-14)12-19-10(6-25-12)18-11(22)9-4-3-8(15)5-17-9/h3-6H,7H2,1-2H3,(H2,16,20)(H,18,22)/t14-/m0/s1. The second kappa shape index (κ2) is 6.49. The number of rotatable bonds is 3. The van der Waals surface area contributed by atoms with Gasteiger partial charge in [0.25, 0.3) is 5.91 Å². The van der Waals surface area contributed by atoms with Crippen LogP contribution >= 0.6 is 22.9 Å². The average Bonchev–Trinajstić information content (AvgIpc) is 3.02. The van der Waals surface area contributed by atoms with Crippen LogP contribution in [-0.4, -0.2) is 47.4 Å². The Kier molecular flexibility index (Phi) is 4.63. The number of guanidine groups is 1. The van der Waals surface area contributed by atoms with Gasteiger partial charge in [0, 0.05) is 18.6 Å². The van der Waals surface area contributed by atoms with Gasteiger partial charge in [-0.3, -0.25) is 4.79 Å². The summed E-state index contributed by atoms with van der Waals surface area (Å²) >= 11 is 6.93. The van der Waals surface area contributed by atoms with E-state index in [-0.39, 0.29) is 23.2 Å². The summed E-state index contributed by atoms with van der Waals surface area (Å²) in [6.45, 7) is 1.63. The Morgan fingerprint density at radius 2 is 2.19 bits per heavy atom. The number of halogens is 1. The molecule has 138 valence electrons. The van der Waals surface area contributed by atoms with E-state index in [1.54, 1.807) is 18.4 Å². The summed E-state index contributed by atoms with van der Waals surface area (Å²) in [6.07, 6.45) is 1.37. The molecular formula is C14H15ClN6O3S2. The number of nitrogens with two attached hydrogens (primary N) is 1. The molecule has 9 nitrogen and oxygen atoms in total. The van der Waals surface area contributed by atoms with Crippen molar-refractivity contribution in [1.82, 2.24) is 14.3 Å². The molecule has 12 heteroatoms. The van der Waals surface area contributed by atoms with Crippen molar-refractivity contribution in [1.29, 1.82) is 0 Å². The summed E-state index contributed by atoms with van der Waals surface area (Å²) in [4.78, 5) is 24.7. The third-order valence-electron chi connectivity index (χ3n) is 3.73. The van der Waals surface area contributed by atoms with Crippen molar-refractivity contribution in [2.75, 3.05) is 18.1 Å². The Morgan fingerprint density at radius 3 is 2.81 bits per heavy atom. The minimum Gasteiger partial charge on any atom is -0.369 e. The van der Waals surface area contributed by atoms with Gasteiger partial charge in [-0.05, 0) is 19.1 Å². The van der Waals surface area contributed by atoms with Crippen LogP contribution in [0.15, 0.2) is 28.7 Å². The number of nitrogens with zero attached hydrogens (tertiary/aromatic N) is 4. The van der Waals surface area contributed by atoms with Gasteiger partial charge in [-0.1, -0.05) is 11.6 Å². The predicted octanol–water partition coefficient (Wildman–Crippen LogP) is 1.25. The first-order chi connectivity index (χ1) is 12.1. The second-order valence-corrected chi connectivity index (χ2v) is 9.12. The van der Waals surface area contributed by atoms with Gasteiger partial charge in [0.1, 0.15) is 27.8 Å². The van der Waals surface area contributed by atoms with Crippen molar-refractivity contribution in [3.05, 3.63) is 39.4 Å². The quantitative estimate of drug-likeness (QED) is 0.777. The fraction of sp³-hybridized carbons (Fsp3) is 0.286. The summed E-state index contributed by atoms with van der Waals surface area (Å²) in [5.74, 6) is -0.553. The first kappa shape index (κ1) is 18.5. The lowest BCUT2D eigenvalue weighted by Gasteiger charge is -2.32. The Hall–Kier alpha value is -2.24. The van der Waals surface area contributed by atoms with E-state index in [0.717, 1.165) is 4.31 Å². The normalized spacial score (nSPS) is 22.0. The van der Waals surface area contributed by atoms with E-state index in [4.69, 9.17) is 17.3 Å². The molecule has 0 spiro atoms. The van der Waals surface area contributed by atoms with E-state index in [2.05, 4.69) is 20.3 Å². The number of anilines is 1. The fourth-order valence-electron chi connectivity index (χ4n) is 2.33. The number of hydrogen-bond donors (Lipinski definition) is 2. The third kappa shape index (κ3) is 3.50. The summed E-state index contributed by atoms with van der Waals surface area (Å²) < 4.78 is 25.4. The fourth-order valence-corrected chi connectivity index (χ4v) is 4.82. The molecule has 3 heterocycles. The number of sulfonamides is 1. The van der Waals surface area contributed by atoms with Crippen molar-refractivity contribution < 1.29 is 13.2 Å². The average molecular weight is 415 g/mol. The Balaban J connectivity index is 1.84. The van der Waals surface area contributed by atoms with E-state index in [1.165, 1.54) is 30.6 Å². The molecule has 1 amide bonds. The molecule has 0 unspecified atom stereocenters. The molecule has 0 bridgehead atoms. The van der Waals surface area contributed by atoms with Crippen LogP contribution in [-0.2, 0) is 15.6 Å². The zero-order chi connectivity index (χ0) is 19.1. The maximum Gasteiger partial charge on any atom is 0.275 e. The zero-order valence-corrected chi connectivity index (χ0v) is 16.2. The van der Waals surface area contributed by atoms with Crippen molar-refractivity contribution >= 4 is 50.6 Å². The molecule has 26 heavy (non-hydrogen) atoms. The van der Waals surface area contributed by atoms with Crippen LogP contribution < -0.4 is 11.1 Å². The first-order valence-corrected chi connectivity index (χ1v) is 10.2. The lowest BCUT2D eigenvalue weighted by atomic mass is 10.1. The number of carbonyl (C=O) groups is 1. The van der Waals surface area contributed by atoms with Gasteiger partial charge < -0.3 is 11.1 Å². The maximum absolute atomic E-state index is 12.2. The molecule has 2 aromatic rings. The SMILES string of the molecule is CN1C(N)=N[C@](C)(c2nc(NC(=O)c3ccc(Cl)cn3)cs2)CS1(=O)=O. The number of aliphatic imine (C=N–C) groups is 1. The molecule has 0 radical (unpaired) electrons. The molecule has 0 fully saturated rings. The molecule has 1 aliphatic rings. The van der Waals surface area contributed by atoms with Crippen LogP contribution in [0.4, 0.5) is 5.82 Å². The summed E-state index contributed by atoms with van der Waals surface area (Å²) in [7, 11) is -2.25. The zero-order valence-electron chi connectivity index (χ0n) is 13.8. The van der Waals surface area contributed by atoms with Crippen LogP contribution in [0.25, 0.3) is 0 Å². The van der Waals surface area contributed by atoms with Crippen molar-refractivity contribution in [2.45, 2.75) is 12.5 Å². The number of pyridine rings is 1. The highest BCUT2D eigenvalue weighted by molar-refractivity contribution is 7.89. The van der Waals surface area contributed by atoms with Gasteiger partial charge in [-0.25, -0.2) is 27.7 Å². The number of hydrogen-bond acceptors (Lipinski definition) is 8. The molecule has 0 saturated heterocycles. The third-order valence-corrected chi connectivity index (χ3v) is 7.00. The highest BCUT2D eigenvalue weighted by atomic mass is 35.5. The van der Waals surface area contributed by atoms with Gasteiger partial charge in [-0.15, -0.1) is 11.3 Å². The second-order valence-electron chi connectivity index (χ2n) is 5.82. The minimum absolute atomic E-state index is 0.107.